The number of fused-ring (bicyclic) bond motifs is 1. The van der Waals surface area contributed by atoms with Gasteiger partial charge in [-0.25, -0.2) is 0 Å². The second-order valence-electron chi connectivity index (χ2n) is 5.30. The van der Waals surface area contributed by atoms with Crippen molar-refractivity contribution in [2.75, 3.05) is 0 Å². The summed E-state index contributed by atoms with van der Waals surface area (Å²) in [6, 6.07) is 9.75. The summed E-state index contributed by atoms with van der Waals surface area (Å²) in [6.07, 6.45) is 3.68. The average molecular weight is 318 g/mol. The van der Waals surface area contributed by atoms with Crippen LogP contribution in [0.25, 0.3) is 10.8 Å². The molecule has 2 aromatic rings. The zero-order chi connectivity index (χ0) is 14.2. The quantitative estimate of drug-likeness (QED) is 0.774. The number of ether oxygens (including phenoxy) is 1. The van der Waals surface area contributed by atoms with Crippen LogP contribution in [0.5, 0.6) is 5.75 Å². The Hall–Kier alpha value is -0.00870. The Balaban J connectivity index is 0.00000161. The molecule has 0 atom stereocenters. The zero-order valence-corrected chi connectivity index (χ0v) is 15.1. The van der Waals surface area contributed by atoms with Crippen LogP contribution < -0.4 is 61.6 Å². The van der Waals surface area contributed by atoms with E-state index in [4.69, 9.17) is 4.74 Å². The van der Waals surface area contributed by atoms with E-state index in [0.717, 1.165) is 25.7 Å². The smallest absolute Gasteiger partial charge is 0.493 e. The maximum Gasteiger partial charge on any atom is 1.00 e. The van der Waals surface area contributed by atoms with Crippen molar-refractivity contribution in [2.45, 2.75) is 31.8 Å². The number of halogens is 3. The van der Waals surface area contributed by atoms with Gasteiger partial charge in [0.1, 0.15) is 0 Å². The molecule has 106 valence electrons. The van der Waals surface area contributed by atoms with Gasteiger partial charge in [0.25, 0.3) is 0 Å². The molecule has 0 unspecified atom stereocenters. The van der Waals surface area contributed by atoms with Gasteiger partial charge in [-0.2, -0.15) is 0 Å². The second-order valence-corrected chi connectivity index (χ2v) is 5.30. The molecular weight excluding hydrogens is 303 g/mol. The molecule has 1 saturated carbocycles. The molecule has 0 aliphatic heterocycles. The van der Waals surface area contributed by atoms with E-state index in [2.05, 4.69) is 0 Å². The van der Waals surface area contributed by atoms with E-state index in [0.29, 0.717) is 5.39 Å². The summed E-state index contributed by atoms with van der Waals surface area (Å²) < 4.78 is 45.9. The van der Waals surface area contributed by atoms with E-state index < -0.39 is 12.4 Å². The monoisotopic (exact) mass is 318 g/mol. The van der Waals surface area contributed by atoms with Crippen molar-refractivity contribution in [1.82, 2.24) is 0 Å². The van der Waals surface area contributed by atoms with Crippen LogP contribution in [-0.4, -0.2) is 13.1 Å². The summed E-state index contributed by atoms with van der Waals surface area (Å²) in [7, 11) is 0. The molecule has 2 aromatic carbocycles. The molecule has 0 aromatic heterocycles. The Labute approximate surface area is 164 Å². The predicted octanol–water partition coefficient (Wildman–Crippen LogP) is 1.22. The van der Waals surface area contributed by atoms with Crippen LogP contribution >= 0.6 is 0 Å². The first-order valence-electron chi connectivity index (χ1n) is 6.94. The van der Waals surface area contributed by atoms with Crippen LogP contribution in [0.3, 0.4) is 0 Å². The summed E-state index contributed by atoms with van der Waals surface area (Å²) in [6.45, 7) is -5.10. The van der Waals surface area contributed by atoms with Crippen LogP contribution in [0.2, 0.25) is 0 Å². The molecule has 0 N–H and O–H groups in total. The second kappa shape index (κ2) is 7.05. The fourth-order valence-corrected chi connectivity index (χ4v) is 2.90. The Bertz CT molecular complexity index is 624. The van der Waals surface area contributed by atoms with E-state index in [1.54, 1.807) is 24.3 Å². The Kier molecular flexibility index (Phi) is 5.82. The maximum absolute atomic E-state index is 13.4. The zero-order valence-electron chi connectivity index (χ0n) is 12.0. The number of rotatable bonds is 3. The number of hydrogen-bond donors (Lipinski definition) is 0. The van der Waals surface area contributed by atoms with E-state index in [1.807, 2.05) is 0 Å². The van der Waals surface area contributed by atoms with Crippen molar-refractivity contribution in [3.05, 3.63) is 36.4 Å². The molecule has 3 rings (SSSR count). The van der Waals surface area contributed by atoms with Crippen LogP contribution in [-0.2, 0) is 0 Å². The van der Waals surface area contributed by atoms with Crippen molar-refractivity contribution < 1.29 is 69.1 Å². The van der Waals surface area contributed by atoms with Gasteiger partial charge in [0.2, 0.25) is 0 Å². The third-order valence-corrected chi connectivity index (χ3v) is 3.85. The number of benzene rings is 2. The normalized spacial score (nSPS) is 16.0. The van der Waals surface area contributed by atoms with Gasteiger partial charge in [0, 0.05) is 0 Å². The van der Waals surface area contributed by atoms with Crippen molar-refractivity contribution in [2.24, 2.45) is 0 Å². The van der Waals surface area contributed by atoms with Gasteiger partial charge in [-0.1, -0.05) is 35.8 Å². The predicted molar refractivity (Wildman–Crippen MR) is 75.5 cm³/mol. The first-order chi connectivity index (χ1) is 9.55. The standard InChI is InChI=1S/C15H15BF3O.K/c17-16(18,19)15-13-8-4-1-5-11(13)9-10-14(15)20-12-6-2-3-7-12;/h1,4-5,8-10,12H,2-3,6-7H2;/q-1;+1. The van der Waals surface area contributed by atoms with E-state index in [9.17, 15) is 12.9 Å². The molecular formula is C15H15BF3KO. The average Bonchev–Trinajstić information content (AvgIpc) is 2.90. The van der Waals surface area contributed by atoms with Crippen LogP contribution in [0.15, 0.2) is 36.4 Å². The van der Waals surface area contributed by atoms with Crippen molar-refractivity contribution >= 4 is 23.2 Å². The molecule has 0 amide bonds. The van der Waals surface area contributed by atoms with Crippen molar-refractivity contribution in [1.29, 1.82) is 0 Å². The Morgan fingerprint density at radius 3 is 2.29 bits per heavy atom. The SMILES string of the molecule is F[B-](F)(F)c1c(OC2CCCC2)ccc2ccccc12.[K+]. The summed E-state index contributed by atoms with van der Waals surface area (Å²) in [5, 5.41) is 0.830. The van der Waals surface area contributed by atoms with Crippen LogP contribution in [0, 0.1) is 0 Å². The van der Waals surface area contributed by atoms with E-state index in [1.165, 1.54) is 12.1 Å². The minimum atomic E-state index is -5.10. The van der Waals surface area contributed by atoms with Gasteiger partial charge >= 0.3 is 58.4 Å². The first-order valence-corrected chi connectivity index (χ1v) is 6.94. The molecule has 1 nitrogen and oxygen atoms in total. The van der Waals surface area contributed by atoms with Crippen molar-refractivity contribution in [3.63, 3.8) is 0 Å². The van der Waals surface area contributed by atoms with Gasteiger partial charge in [-0.3, -0.25) is 0 Å². The molecule has 1 aliphatic rings. The van der Waals surface area contributed by atoms with Crippen LogP contribution in [0.1, 0.15) is 25.7 Å². The summed E-state index contributed by atoms with van der Waals surface area (Å²) in [4.78, 5) is 0. The first kappa shape index (κ1) is 17.3. The molecule has 0 saturated heterocycles. The summed E-state index contributed by atoms with van der Waals surface area (Å²) in [5.41, 5.74) is -0.588. The maximum atomic E-state index is 13.4. The third-order valence-electron chi connectivity index (χ3n) is 3.85. The fraction of sp³-hybridized carbons (Fsp3) is 0.333. The minimum Gasteiger partial charge on any atom is -0.493 e. The van der Waals surface area contributed by atoms with Gasteiger partial charge in [-0.05, 0) is 42.5 Å². The fourth-order valence-electron chi connectivity index (χ4n) is 2.90. The molecule has 0 heterocycles. The van der Waals surface area contributed by atoms with Crippen LogP contribution in [0.4, 0.5) is 12.9 Å². The van der Waals surface area contributed by atoms with Gasteiger partial charge in [0.15, 0.2) is 0 Å². The van der Waals surface area contributed by atoms with E-state index in [-0.39, 0.29) is 68.6 Å². The van der Waals surface area contributed by atoms with E-state index >= 15 is 0 Å². The van der Waals surface area contributed by atoms with Gasteiger partial charge in [-0.15, -0.1) is 0 Å². The Morgan fingerprint density at radius 1 is 0.952 bits per heavy atom. The molecule has 1 aliphatic carbocycles. The summed E-state index contributed by atoms with van der Waals surface area (Å²) >= 11 is 0. The largest absolute Gasteiger partial charge is 1.00 e. The minimum absolute atomic E-state index is 0. The third kappa shape index (κ3) is 3.85. The van der Waals surface area contributed by atoms with Crippen molar-refractivity contribution in [3.8, 4) is 5.75 Å². The van der Waals surface area contributed by atoms with Gasteiger partial charge < -0.3 is 17.7 Å². The Morgan fingerprint density at radius 2 is 1.62 bits per heavy atom. The topological polar surface area (TPSA) is 9.23 Å². The molecule has 0 spiro atoms. The molecule has 0 radical (unpaired) electrons. The van der Waals surface area contributed by atoms with Gasteiger partial charge in [0.05, 0.1) is 11.9 Å². The number of hydrogen-bond acceptors (Lipinski definition) is 1. The molecule has 6 heteroatoms. The molecule has 0 bridgehead atoms. The molecule has 21 heavy (non-hydrogen) atoms. The molecule has 1 fully saturated rings. The summed E-state index contributed by atoms with van der Waals surface area (Å²) in [5.74, 6) is -0.0110.